The fourth-order valence-corrected chi connectivity index (χ4v) is 2.32. The quantitative estimate of drug-likeness (QED) is 0.785. The van der Waals surface area contributed by atoms with E-state index in [1.807, 2.05) is 0 Å². The van der Waals surface area contributed by atoms with Crippen molar-refractivity contribution in [2.24, 2.45) is 0 Å². The van der Waals surface area contributed by atoms with E-state index in [2.05, 4.69) is 80.5 Å². The summed E-state index contributed by atoms with van der Waals surface area (Å²) in [6.07, 6.45) is 2.20. The molecular formula is C18H23N. The van der Waals surface area contributed by atoms with Gasteiger partial charge in [-0.05, 0) is 45.0 Å². The Kier molecular flexibility index (Phi) is 4.75. The molecule has 1 nitrogen and oxygen atoms in total. The molecule has 1 unspecified atom stereocenters. The van der Waals surface area contributed by atoms with Crippen molar-refractivity contribution in [1.82, 2.24) is 4.90 Å². The van der Waals surface area contributed by atoms with Crippen LogP contribution < -0.4 is 0 Å². The first-order valence-electron chi connectivity index (χ1n) is 6.91. The van der Waals surface area contributed by atoms with Gasteiger partial charge in [-0.3, -0.25) is 0 Å². The van der Waals surface area contributed by atoms with Gasteiger partial charge >= 0.3 is 0 Å². The van der Waals surface area contributed by atoms with E-state index in [0.717, 1.165) is 12.8 Å². The number of rotatable bonds is 5. The summed E-state index contributed by atoms with van der Waals surface area (Å²) >= 11 is 0. The predicted molar refractivity (Wildman–Crippen MR) is 82.5 cm³/mol. The van der Waals surface area contributed by atoms with Gasteiger partial charge < -0.3 is 4.90 Å². The van der Waals surface area contributed by atoms with Crippen LogP contribution in [0, 0.1) is 6.92 Å². The first-order chi connectivity index (χ1) is 9.15. The summed E-state index contributed by atoms with van der Waals surface area (Å²) in [5, 5.41) is 0. The van der Waals surface area contributed by atoms with Crippen LogP contribution in [-0.2, 0) is 12.8 Å². The van der Waals surface area contributed by atoms with Gasteiger partial charge in [0.15, 0.2) is 0 Å². The van der Waals surface area contributed by atoms with Crippen molar-refractivity contribution in [1.29, 1.82) is 0 Å². The summed E-state index contributed by atoms with van der Waals surface area (Å²) in [6.45, 7) is 2.14. The molecule has 0 spiro atoms. The Morgan fingerprint density at radius 3 is 1.84 bits per heavy atom. The minimum Gasteiger partial charge on any atom is -0.306 e. The molecule has 2 aromatic carbocycles. The maximum Gasteiger partial charge on any atom is 0.0170 e. The van der Waals surface area contributed by atoms with Gasteiger partial charge in [0.25, 0.3) is 0 Å². The highest BCUT2D eigenvalue weighted by molar-refractivity contribution is 5.23. The third-order valence-electron chi connectivity index (χ3n) is 3.64. The molecule has 1 atom stereocenters. The van der Waals surface area contributed by atoms with Crippen LogP contribution in [-0.4, -0.2) is 25.0 Å². The largest absolute Gasteiger partial charge is 0.306 e. The zero-order chi connectivity index (χ0) is 13.7. The van der Waals surface area contributed by atoms with Gasteiger partial charge in [-0.1, -0.05) is 60.2 Å². The average Bonchev–Trinajstić information content (AvgIpc) is 2.41. The first kappa shape index (κ1) is 13.8. The van der Waals surface area contributed by atoms with E-state index >= 15 is 0 Å². The van der Waals surface area contributed by atoms with Crippen molar-refractivity contribution in [3.63, 3.8) is 0 Å². The Hall–Kier alpha value is -1.60. The number of likely N-dealkylation sites (N-methyl/N-ethyl adjacent to an activating group) is 1. The van der Waals surface area contributed by atoms with Crippen molar-refractivity contribution in [2.75, 3.05) is 14.1 Å². The zero-order valence-corrected chi connectivity index (χ0v) is 12.1. The number of nitrogens with zero attached hydrogens (tertiary/aromatic N) is 1. The molecule has 0 N–H and O–H groups in total. The number of hydrogen-bond donors (Lipinski definition) is 0. The van der Waals surface area contributed by atoms with Crippen LogP contribution >= 0.6 is 0 Å². The Balaban J connectivity index is 2.06. The molecule has 19 heavy (non-hydrogen) atoms. The lowest BCUT2D eigenvalue weighted by atomic mass is 9.98. The highest BCUT2D eigenvalue weighted by Gasteiger charge is 2.12. The predicted octanol–water partition coefficient (Wildman–Crippen LogP) is 3.71. The average molecular weight is 253 g/mol. The van der Waals surface area contributed by atoms with Crippen molar-refractivity contribution < 1.29 is 0 Å². The molecule has 2 aromatic rings. The lowest BCUT2D eigenvalue weighted by molar-refractivity contribution is 0.289. The summed E-state index contributed by atoms with van der Waals surface area (Å²) in [7, 11) is 4.34. The summed E-state index contributed by atoms with van der Waals surface area (Å²) in [5.74, 6) is 0. The van der Waals surface area contributed by atoms with Gasteiger partial charge in [0.05, 0.1) is 0 Å². The van der Waals surface area contributed by atoms with Gasteiger partial charge in [-0.2, -0.15) is 0 Å². The van der Waals surface area contributed by atoms with Crippen molar-refractivity contribution >= 4 is 0 Å². The minimum absolute atomic E-state index is 0.546. The molecule has 100 valence electrons. The molecule has 0 amide bonds. The summed E-state index contributed by atoms with van der Waals surface area (Å²) in [5.41, 5.74) is 4.15. The zero-order valence-electron chi connectivity index (χ0n) is 12.1. The van der Waals surface area contributed by atoms with Crippen LogP contribution in [0.4, 0.5) is 0 Å². The maximum absolute atomic E-state index is 2.33. The third-order valence-corrected chi connectivity index (χ3v) is 3.64. The summed E-state index contributed by atoms with van der Waals surface area (Å²) < 4.78 is 0. The van der Waals surface area contributed by atoms with Crippen LogP contribution in [0.2, 0.25) is 0 Å². The van der Waals surface area contributed by atoms with Gasteiger partial charge in [-0.25, -0.2) is 0 Å². The molecule has 0 radical (unpaired) electrons. The maximum atomic E-state index is 2.33. The van der Waals surface area contributed by atoms with Crippen molar-refractivity contribution in [3.8, 4) is 0 Å². The Bertz CT molecular complexity index is 485. The van der Waals surface area contributed by atoms with Gasteiger partial charge in [0.2, 0.25) is 0 Å². The molecule has 2 rings (SSSR count). The van der Waals surface area contributed by atoms with Crippen LogP contribution in [0.5, 0.6) is 0 Å². The number of benzene rings is 2. The van der Waals surface area contributed by atoms with E-state index in [1.54, 1.807) is 0 Å². The van der Waals surface area contributed by atoms with Crippen LogP contribution in [0.15, 0.2) is 54.6 Å². The number of aryl methyl sites for hydroxylation is 1. The molecule has 0 saturated carbocycles. The lowest BCUT2D eigenvalue weighted by Gasteiger charge is -2.24. The molecule has 1 heteroatoms. The fourth-order valence-electron chi connectivity index (χ4n) is 2.32. The molecule has 0 heterocycles. The van der Waals surface area contributed by atoms with E-state index in [4.69, 9.17) is 0 Å². The van der Waals surface area contributed by atoms with Gasteiger partial charge in [0, 0.05) is 6.04 Å². The standard InChI is InChI=1S/C18H23N/c1-15-9-11-17(12-10-15)14-18(19(2)3)13-16-7-5-4-6-8-16/h4-12,18H,13-14H2,1-3H3. The molecule has 0 aromatic heterocycles. The molecule has 0 fully saturated rings. The van der Waals surface area contributed by atoms with E-state index in [-0.39, 0.29) is 0 Å². The van der Waals surface area contributed by atoms with E-state index in [9.17, 15) is 0 Å². The minimum atomic E-state index is 0.546. The molecule has 0 aliphatic rings. The van der Waals surface area contributed by atoms with Crippen LogP contribution in [0.25, 0.3) is 0 Å². The van der Waals surface area contributed by atoms with Crippen molar-refractivity contribution in [3.05, 3.63) is 71.3 Å². The van der Waals surface area contributed by atoms with E-state index in [1.165, 1.54) is 16.7 Å². The number of hydrogen-bond acceptors (Lipinski definition) is 1. The second kappa shape index (κ2) is 6.53. The smallest absolute Gasteiger partial charge is 0.0170 e. The molecule has 0 aliphatic heterocycles. The second-order valence-electron chi connectivity index (χ2n) is 5.50. The van der Waals surface area contributed by atoms with E-state index < -0.39 is 0 Å². The molecular weight excluding hydrogens is 230 g/mol. The Labute approximate surface area is 116 Å². The SMILES string of the molecule is Cc1ccc(CC(Cc2ccccc2)N(C)C)cc1. The van der Waals surface area contributed by atoms with Crippen LogP contribution in [0.1, 0.15) is 16.7 Å². The first-order valence-corrected chi connectivity index (χ1v) is 6.91. The highest BCUT2D eigenvalue weighted by atomic mass is 15.1. The normalized spacial score (nSPS) is 12.6. The van der Waals surface area contributed by atoms with Crippen LogP contribution in [0.3, 0.4) is 0 Å². The fraction of sp³-hybridized carbons (Fsp3) is 0.333. The lowest BCUT2D eigenvalue weighted by Crippen LogP contribution is -2.32. The van der Waals surface area contributed by atoms with Crippen molar-refractivity contribution in [2.45, 2.75) is 25.8 Å². The van der Waals surface area contributed by atoms with Gasteiger partial charge in [-0.15, -0.1) is 0 Å². The highest BCUT2D eigenvalue weighted by Crippen LogP contribution is 2.13. The van der Waals surface area contributed by atoms with Gasteiger partial charge in [0.1, 0.15) is 0 Å². The van der Waals surface area contributed by atoms with E-state index in [0.29, 0.717) is 6.04 Å². The topological polar surface area (TPSA) is 3.24 Å². The summed E-state index contributed by atoms with van der Waals surface area (Å²) in [6, 6.07) is 20.2. The monoisotopic (exact) mass is 253 g/mol. The second-order valence-corrected chi connectivity index (χ2v) is 5.50. The molecule has 0 saturated heterocycles. The molecule has 0 aliphatic carbocycles. The third kappa shape index (κ3) is 4.22. The Morgan fingerprint density at radius 2 is 1.32 bits per heavy atom. The Morgan fingerprint density at radius 1 is 0.789 bits per heavy atom. The molecule has 0 bridgehead atoms. The summed E-state index contributed by atoms with van der Waals surface area (Å²) in [4.78, 5) is 2.33.